The van der Waals surface area contributed by atoms with Crippen molar-refractivity contribution in [2.24, 2.45) is 5.41 Å². The van der Waals surface area contributed by atoms with E-state index in [9.17, 15) is 5.11 Å². The van der Waals surface area contributed by atoms with Gasteiger partial charge in [-0.1, -0.05) is 12.1 Å². The summed E-state index contributed by atoms with van der Waals surface area (Å²) in [6.07, 6.45) is 3.67. The third kappa shape index (κ3) is 3.02. The zero-order chi connectivity index (χ0) is 17.4. The zero-order valence-electron chi connectivity index (χ0n) is 14.6. The van der Waals surface area contributed by atoms with Gasteiger partial charge in [-0.2, -0.15) is 0 Å². The van der Waals surface area contributed by atoms with Gasteiger partial charge in [0, 0.05) is 25.2 Å². The first-order chi connectivity index (χ1) is 12.1. The Balaban J connectivity index is 1.57. The number of hydrogen-bond acceptors (Lipinski definition) is 6. The Morgan fingerprint density at radius 1 is 1.08 bits per heavy atom. The van der Waals surface area contributed by atoms with Gasteiger partial charge in [0.1, 0.15) is 5.75 Å². The van der Waals surface area contributed by atoms with E-state index >= 15 is 0 Å². The van der Waals surface area contributed by atoms with Crippen molar-refractivity contribution in [3.8, 4) is 17.0 Å². The largest absolute Gasteiger partial charge is 0.507 e. The van der Waals surface area contributed by atoms with Crippen LogP contribution < -0.4 is 10.6 Å². The van der Waals surface area contributed by atoms with Crippen LogP contribution >= 0.6 is 0 Å². The number of aromatic nitrogens is 2. The third-order valence-corrected chi connectivity index (χ3v) is 5.78. The summed E-state index contributed by atoms with van der Waals surface area (Å²) < 4.78 is 0. The molecule has 1 aromatic heterocycles. The van der Waals surface area contributed by atoms with E-state index in [1.54, 1.807) is 12.1 Å². The highest BCUT2D eigenvalue weighted by Crippen LogP contribution is 2.41. The predicted octanol–water partition coefficient (Wildman–Crippen LogP) is 2.35. The number of nitrogens with zero attached hydrogens (tertiary/aromatic N) is 4. The second-order valence-electron chi connectivity index (χ2n) is 7.49. The Morgan fingerprint density at radius 3 is 2.48 bits per heavy atom. The summed E-state index contributed by atoms with van der Waals surface area (Å²) >= 11 is 0. The van der Waals surface area contributed by atoms with Crippen LogP contribution in [0.1, 0.15) is 19.3 Å². The number of hydrogen-bond donors (Lipinski definition) is 2. The van der Waals surface area contributed by atoms with E-state index in [0.717, 1.165) is 18.8 Å². The van der Waals surface area contributed by atoms with Gasteiger partial charge in [0.05, 0.1) is 11.4 Å². The molecule has 1 aromatic carbocycles. The maximum absolute atomic E-state index is 10.1. The Bertz CT molecular complexity index is 770. The smallest absolute Gasteiger partial charge is 0.169 e. The van der Waals surface area contributed by atoms with Crippen molar-refractivity contribution in [3.63, 3.8) is 0 Å². The molecule has 4 rings (SSSR count). The Kier molecular flexibility index (Phi) is 4.00. The molecule has 3 heterocycles. The van der Waals surface area contributed by atoms with Crippen LogP contribution in [0.3, 0.4) is 0 Å². The molecule has 132 valence electrons. The number of aromatic hydroxyl groups is 1. The molecule has 6 heteroatoms. The van der Waals surface area contributed by atoms with Crippen molar-refractivity contribution < 1.29 is 5.11 Å². The number of likely N-dealkylation sites (tertiary alicyclic amines) is 1. The Labute approximate surface area is 148 Å². The van der Waals surface area contributed by atoms with Crippen LogP contribution in [-0.4, -0.2) is 53.4 Å². The lowest BCUT2D eigenvalue weighted by Gasteiger charge is -2.40. The van der Waals surface area contributed by atoms with Gasteiger partial charge in [-0.05, 0) is 56.5 Å². The molecular formula is C19H25N5O. The first-order valence-corrected chi connectivity index (χ1v) is 8.91. The summed E-state index contributed by atoms with van der Waals surface area (Å²) in [7, 11) is 2.21. The average Bonchev–Trinajstić information content (AvgIpc) is 2.97. The van der Waals surface area contributed by atoms with Crippen molar-refractivity contribution in [2.75, 3.05) is 43.9 Å². The van der Waals surface area contributed by atoms with Gasteiger partial charge in [-0.3, -0.25) is 0 Å². The lowest BCUT2D eigenvalue weighted by atomic mass is 9.77. The topological polar surface area (TPSA) is 78.5 Å². The highest BCUT2D eigenvalue weighted by Gasteiger charge is 2.39. The molecule has 2 saturated heterocycles. The van der Waals surface area contributed by atoms with Gasteiger partial charge in [0.2, 0.25) is 0 Å². The number of piperidine rings is 1. The molecule has 2 fully saturated rings. The number of nitrogens with two attached hydrogens (primary N) is 1. The van der Waals surface area contributed by atoms with Gasteiger partial charge in [0.25, 0.3) is 0 Å². The molecule has 1 spiro atoms. The molecule has 0 radical (unpaired) electrons. The molecule has 2 aliphatic rings. The van der Waals surface area contributed by atoms with Crippen LogP contribution in [0.25, 0.3) is 11.3 Å². The average molecular weight is 339 g/mol. The van der Waals surface area contributed by atoms with E-state index in [0.29, 0.717) is 22.5 Å². The minimum absolute atomic E-state index is 0.208. The van der Waals surface area contributed by atoms with Crippen LogP contribution in [0.5, 0.6) is 5.75 Å². The van der Waals surface area contributed by atoms with Crippen LogP contribution in [0.2, 0.25) is 0 Å². The van der Waals surface area contributed by atoms with Crippen LogP contribution in [0.15, 0.2) is 30.3 Å². The van der Waals surface area contributed by atoms with Crippen molar-refractivity contribution in [2.45, 2.75) is 19.3 Å². The molecule has 2 aliphatic heterocycles. The fourth-order valence-corrected chi connectivity index (χ4v) is 4.26. The highest BCUT2D eigenvalue weighted by molar-refractivity contribution is 5.74. The molecule has 0 atom stereocenters. The van der Waals surface area contributed by atoms with E-state index in [4.69, 9.17) is 5.73 Å². The number of para-hydroxylation sites is 1. The molecule has 6 nitrogen and oxygen atoms in total. The molecule has 0 amide bonds. The summed E-state index contributed by atoms with van der Waals surface area (Å²) in [5, 5.41) is 18.4. The van der Waals surface area contributed by atoms with E-state index < -0.39 is 0 Å². The van der Waals surface area contributed by atoms with E-state index in [2.05, 4.69) is 27.0 Å². The normalized spacial score (nSPS) is 20.3. The van der Waals surface area contributed by atoms with Gasteiger partial charge in [-0.15, -0.1) is 10.2 Å². The number of anilines is 2. The highest BCUT2D eigenvalue weighted by atomic mass is 16.3. The summed E-state index contributed by atoms with van der Waals surface area (Å²) in [5.41, 5.74) is 8.85. The summed E-state index contributed by atoms with van der Waals surface area (Å²) in [6, 6.07) is 9.14. The summed E-state index contributed by atoms with van der Waals surface area (Å²) in [5.74, 6) is 0.665. The molecule has 2 aromatic rings. The summed E-state index contributed by atoms with van der Waals surface area (Å²) in [6.45, 7) is 4.39. The molecule has 0 bridgehead atoms. The van der Waals surface area contributed by atoms with Crippen LogP contribution in [0, 0.1) is 5.41 Å². The van der Waals surface area contributed by atoms with Crippen LogP contribution in [-0.2, 0) is 0 Å². The predicted molar refractivity (Wildman–Crippen MR) is 99.5 cm³/mol. The Hall–Kier alpha value is -2.34. The van der Waals surface area contributed by atoms with Crippen molar-refractivity contribution in [1.82, 2.24) is 15.1 Å². The second-order valence-corrected chi connectivity index (χ2v) is 7.49. The maximum atomic E-state index is 10.1. The number of benzene rings is 1. The van der Waals surface area contributed by atoms with E-state index in [1.165, 1.54) is 32.4 Å². The third-order valence-electron chi connectivity index (χ3n) is 5.78. The minimum atomic E-state index is 0.208. The quantitative estimate of drug-likeness (QED) is 0.874. The summed E-state index contributed by atoms with van der Waals surface area (Å²) in [4.78, 5) is 4.76. The fourth-order valence-electron chi connectivity index (χ4n) is 4.26. The monoisotopic (exact) mass is 339 g/mol. The van der Waals surface area contributed by atoms with Gasteiger partial charge < -0.3 is 20.6 Å². The SMILES string of the molecule is CN1CCC2(CCN(c3cc(-c4ccccc4O)nnc3N)CC2)C1. The minimum Gasteiger partial charge on any atom is -0.507 e. The Morgan fingerprint density at radius 2 is 1.80 bits per heavy atom. The molecule has 3 N–H and O–H groups in total. The van der Waals surface area contributed by atoms with Crippen molar-refractivity contribution in [3.05, 3.63) is 30.3 Å². The van der Waals surface area contributed by atoms with E-state index in [1.807, 2.05) is 18.2 Å². The van der Waals surface area contributed by atoms with Crippen LogP contribution in [0.4, 0.5) is 11.5 Å². The van der Waals surface area contributed by atoms with Gasteiger partial charge >= 0.3 is 0 Å². The van der Waals surface area contributed by atoms with E-state index in [-0.39, 0.29) is 5.75 Å². The molecule has 0 unspecified atom stereocenters. The van der Waals surface area contributed by atoms with Crippen molar-refractivity contribution in [1.29, 1.82) is 0 Å². The molecule has 25 heavy (non-hydrogen) atoms. The number of phenols is 1. The first kappa shape index (κ1) is 16.1. The first-order valence-electron chi connectivity index (χ1n) is 8.91. The fraction of sp³-hybridized carbons (Fsp3) is 0.474. The molecular weight excluding hydrogens is 314 g/mol. The van der Waals surface area contributed by atoms with Gasteiger partial charge in [0.15, 0.2) is 5.82 Å². The lowest BCUT2D eigenvalue weighted by molar-refractivity contribution is 0.222. The number of nitrogen functional groups attached to an aromatic ring is 1. The maximum Gasteiger partial charge on any atom is 0.169 e. The number of rotatable bonds is 2. The van der Waals surface area contributed by atoms with Gasteiger partial charge in [-0.25, -0.2) is 0 Å². The van der Waals surface area contributed by atoms with Crippen molar-refractivity contribution >= 4 is 11.5 Å². The second kappa shape index (κ2) is 6.19. The molecule has 0 saturated carbocycles. The molecule has 0 aliphatic carbocycles. The zero-order valence-corrected chi connectivity index (χ0v) is 14.6. The lowest BCUT2D eigenvalue weighted by Crippen LogP contribution is -2.41. The number of phenolic OH excluding ortho intramolecular Hbond substituents is 1. The standard InChI is InChI=1S/C19H25N5O/c1-23-9-6-19(13-23)7-10-24(11-8-19)16-12-15(21-22-18(16)20)14-4-2-3-5-17(14)25/h2-5,12,25H,6-11,13H2,1H3,(H2,20,22).